The summed E-state index contributed by atoms with van der Waals surface area (Å²) in [7, 11) is 0. The smallest absolute Gasteiger partial charge is 0.183 e. The van der Waals surface area contributed by atoms with E-state index in [2.05, 4.69) is 20.2 Å². The minimum Gasteiger partial charge on any atom is -0.235 e. The Morgan fingerprint density at radius 3 is 2.67 bits per heavy atom. The number of halogens is 1. The molecule has 5 nitrogen and oxygen atoms in total. The van der Waals surface area contributed by atoms with Gasteiger partial charge < -0.3 is 0 Å². The van der Waals surface area contributed by atoms with Crippen molar-refractivity contribution in [2.24, 2.45) is 0 Å². The normalized spacial score (nSPS) is 10.5. The number of nitrogens with zero attached hydrogens (tertiary/aromatic N) is 5. The maximum Gasteiger partial charge on any atom is 0.183 e. The molecule has 2 heterocycles. The molecule has 2 aromatic heterocycles. The summed E-state index contributed by atoms with van der Waals surface area (Å²) in [5, 5.41) is 8.87. The van der Waals surface area contributed by atoms with E-state index in [1.54, 1.807) is 18.5 Å². The second kappa shape index (κ2) is 4.54. The Hall–Kier alpha value is -2.27. The van der Waals surface area contributed by atoms with Crippen LogP contribution in [0.15, 0.2) is 48.8 Å². The number of hydrogen-bond acceptors (Lipinski definition) is 4. The van der Waals surface area contributed by atoms with Gasteiger partial charge in [0.05, 0.1) is 11.9 Å². The third-order valence-corrected chi connectivity index (χ3v) is 2.54. The molecular weight excluding hydrogens is 250 g/mol. The fraction of sp³-hybridized carbons (Fsp3) is 0. The lowest BCUT2D eigenvalue weighted by atomic mass is 10.3. The van der Waals surface area contributed by atoms with Crippen LogP contribution in [0.3, 0.4) is 0 Å². The first-order valence-corrected chi connectivity index (χ1v) is 5.67. The van der Waals surface area contributed by atoms with Gasteiger partial charge >= 0.3 is 0 Å². The molecule has 88 valence electrons. The Morgan fingerprint density at radius 1 is 1.06 bits per heavy atom. The van der Waals surface area contributed by atoms with Gasteiger partial charge in [-0.3, -0.25) is 0 Å². The largest absolute Gasteiger partial charge is 0.235 e. The van der Waals surface area contributed by atoms with Crippen molar-refractivity contribution in [1.29, 1.82) is 0 Å². The van der Waals surface area contributed by atoms with Crippen LogP contribution in [0.4, 0.5) is 0 Å². The van der Waals surface area contributed by atoms with Gasteiger partial charge in [0.25, 0.3) is 0 Å². The van der Waals surface area contributed by atoms with E-state index < -0.39 is 0 Å². The second-order valence-corrected chi connectivity index (χ2v) is 3.95. The Kier molecular flexibility index (Phi) is 2.74. The molecule has 3 aromatic rings. The number of rotatable bonds is 2. The summed E-state index contributed by atoms with van der Waals surface area (Å²) < 4.78 is 0. The molecule has 1 aromatic carbocycles. The molecule has 0 fully saturated rings. The van der Waals surface area contributed by atoms with E-state index in [0.29, 0.717) is 16.7 Å². The molecule has 0 aliphatic heterocycles. The van der Waals surface area contributed by atoms with Gasteiger partial charge in [-0.05, 0) is 18.2 Å². The van der Waals surface area contributed by atoms with Crippen molar-refractivity contribution >= 4 is 11.6 Å². The zero-order valence-electron chi connectivity index (χ0n) is 9.23. The van der Waals surface area contributed by atoms with Crippen molar-refractivity contribution in [2.75, 3.05) is 0 Å². The Labute approximate surface area is 108 Å². The van der Waals surface area contributed by atoms with Gasteiger partial charge in [0.15, 0.2) is 11.5 Å². The maximum absolute atomic E-state index is 5.81. The van der Waals surface area contributed by atoms with Crippen LogP contribution in [0, 0.1) is 0 Å². The maximum atomic E-state index is 5.81. The molecule has 0 N–H and O–H groups in total. The molecule has 0 unspecified atom stereocenters. The van der Waals surface area contributed by atoms with Gasteiger partial charge in [0.1, 0.15) is 5.15 Å². The predicted octanol–water partition coefficient (Wildman–Crippen LogP) is 2.38. The standard InChI is InChI=1S/C12H8ClN5/c13-11-6-7-14-12(16-11)10-8-15-18(17-10)9-4-2-1-3-5-9/h1-8H. The average Bonchev–Trinajstić information content (AvgIpc) is 2.89. The van der Waals surface area contributed by atoms with Crippen molar-refractivity contribution in [3.05, 3.63) is 53.9 Å². The van der Waals surface area contributed by atoms with Gasteiger partial charge in [0, 0.05) is 6.20 Å². The number of aromatic nitrogens is 5. The molecule has 0 saturated heterocycles. The molecule has 0 spiro atoms. The van der Waals surface area contributed by atoms with E-state index >= 15 is 0 Å². The fourth-order valence-corrected chi connectivity index (χ4v) is 1.65. The highest BCUT2D eigenvalue weighted by Crippen LogP contribution is 2.14. The van der Waals surface area contributed by atoms with E-state index in [1.165, 1.54) is 4.80 Å². The van der Waals surface area contributed by atoms with Gasteiger partial charge in [-0.15, -0.1) is 5.10 Å². The van der Waals surface area contributed by atoms with Crippen LogP contribution in [0.2, 0.25) is 5.15 Å². The molecular formula is C12H8ClN5. The first-order chi connectivity index (χ1) is 8.83. The second-order valence-electron chi connectivity index (χ2n) is 3.56. The zero-order valence-corrected chi connectivity index (χ0v) is 9.99. The minimum atomic E-state index is 0.384. The van der Waals surface area contributed by atoms with Crippen molar-refractivity contribution < 1.29 is 0 Å². The molecule has 0 aliphatic rings. The van der Waals surface area contributed by atoms with Crippen LogP contribution in [0.5, 0.6) is 0 Å². The third kappa shape index (κ3) is 2.08. The Bertz CT molecular complexity index is 665. The molecule has 0 radical (unpaired) electrons. The fourth-order valence-electron chi connectivity index (χ4n) is 1.51. The summed E-state index contributed by atoms with van der Waals surface area (Å²) in [5.41, 5.74) is 1.46. The van der Waals surface area contributed by atoms with E-state index in [9.17, 15) is 0 Å². The van der Waals surface area contributed by atoms with Gasteiger partial charge in [-0.1, -0.05) is 29.8 Å². The highest BCUT2D eigenvalue weighted by Gasteiger charge is 2.07. The van der Waals surface area contributed by atoms with Gasteiger partial charge in [0.2, 0.25) is 0 Å². The summed E-state index contributed by atoms with van der Waals surface area (Å²) in [5.74, 6) is 0.463. The molecule has 0 bridgehead atoms. The summed E-state index contributed by atoms with van der Waals surface area (Å²) in [6, 6.07) is 11.2. The summed E-state index contributed by atoms with van der Waals surface area (Å²) in [4.78, 5) is 9.72. The van der Waals surface area contributed by atoms with Crippen molar-refractivity contribution in [3.63, 3.8) is 0 Å². The lowest BCUT2D eigenvalue weighted by Gasteiger charge is -1.97. The SMILES string of the molecule is Clc1ccnc(-c2cnn(-c3ccccc3)n2)n1. The van der Waals surface area contributed by atoms with Gasteiger partial charge in [-0.2, -0.15) is 9.90 Å². The molecule has 0 saturated carbocycles. The van der Waals surface area contributed by atoms with E-state index in [0.717, 1.165) is 5.69 Å². The third-order valence-electron chi connectivity index (χ3n) is 2.33. The average molecular weight is 258 g/mol. The molecule has 0 aliphatic carbocycles. The van der Waals surface area contributed by atoms with Crippen molar-refractivity contribution in [3.8, 4) is 17.2 Å². The first kappa shape index (κ1) is 10.9. The Balaban J connectivity index is 2.00. The zero-order chi connectivity index (χ0) is 12.4. The molecule has 0 amide bonds. The summed E-state index contributed by atoms with van der Waals surface area (Å²) in [6.45, 7) is 0. The monoisotopic (exact) mass is 257 g/mol. The lowest BCUT2D eigenvalue weighted by Crippen LogP contribution is -1.98. The first-order valence-electron chi connectivity index (χ1n) is 5.29. The van der Waals surface area contributed by atoms with Gasteiger partial charge in [-0.25, -0.2) is 9.97 Å². The van der Waals surface area contributed by atoms with Crippen LogP contribution < -0.4 is 0 Å². The van der Waals surface area contributed by atoms with Crippen LogP contribution >= 0.6 is 11.6 Å². The van der Waals surface area contributed by atoms with Crippen LogP contribution in [0.1, 0.15) is 0 Å². The van der Waals surface area contributed by atoms with Crippen LogP contribution in [0.25, 0.3) is 17.2 Å². The van der Waals surface area contributed by atoms with E-state index in [4.69, 9.17) is 11.6 Å². The highest BCUT2D eigenvalue weighted by molar-refractivity contribution is 6.29. The van der Waals surface area contributed by atoms with E-state index in [1.807, 2.05) is 30.3 Å². The number of hydrogen-bond donors (Lipinski definition) is 0. The lowest BCUT2D eigenvalue weighted by molar-refractivity contribution is 0.752. The highest BCUT2D eigenvalue weighted by atomic mass is 35.5. The molecule has 6 heteroatoms. The van der Waals surface area contributed by atoms with Crippen LogP contribution in [-0.2, 0) is 0 Å². The minimum absolute atomic E-state index is 0.384. The van der Waals surface area contributed by atoms with E-state index in [-0.39, 0.29) is 0 Å². The number of para-hydroxylation sites is 1. The van der Waals surface area contributed by atoms with Crippen LogP contribution in [-0.4, -0.2) is 25.0 Å². The summed E-state index contributed by atoms with van der Waals surface area (Å²) >= 11 is 5.81. The topological polar surface area (TPSA) is 56.5 Å². The molecule has 18 heavy (non-hydrogen) atoms. The predicted molar refractivity (Wildman–Crippen MR) is 67.4 cm³/mol. The molecule has 3 rings (SSSR count). The summed E-state index contributed by atoms with van der Waals surface area (Å²) in [6.07, 6.45) is 3.20. The number of benzene rings is 1. The quantitative estimate of drug-likeness (QED) is 0.662. The Morgan fingerprint density at radius 2 is 1.89 bits per heavy atom. The molecule has 0 atom stereocenters. The van der Waals surface area contributed by atoms with Crippen molar-refractivity contribution in [2.45, 2.75) is 0 Å². The van der Waals surface area contributed by atoms with Crippen molar-refractivity contribution in [1.82, 2.24) is 25.0 Å².